The van der Waals surface area contributed by atoms with E-state index in [0.29, 0.717) is 18.0 Å². The Hall–Kier alpha value is -0.920. The summed E-state index contributed by atoms with van der Waals surface area (Å²) in [6, 6.07) is 0. The van der Waals surface area contributed by atoms with E-state index in [0.717, 1.165) is 25.7 Å². The number of sulfonamides is 1. The third-order valence-corrected chi connectivity index (χ3v) is 4.32. The summed E-state index contributed by atoms with van der Waals surface area (Å²) in [5.41, 5.74) is 0.375. The number of aromatic nitrogens is 1. The molecule has 7 heteroatoms. The van der Waals surface area contributed by atoms with Gasteiger partial charge in [-0.15, -0.1) is 0 Å². The molecule has 0 fully saturated rings. The topological polar surface area (TPSA) is 92.4 Å². The number of aryl methyl sites for hydroxylation is 2. The zero-order valence-electron chi connectivity index (χ0n) is 10.8. The van der Waals surface area contributed by atoms with E-state index in [-0.39, 0.29) is 11.5 Å². The van der Waals surface area contributed by atoms with E-state index in [1.807, 2.05) is 0 Å². The largest absolute Gasteiger partial charge is 0.396 e. The maximum atomic E-state index is 12.0. The van der Waals surface area contributed by atoms with E-state index in [4.69, 9.17) is 9.63 Å². The van der Waals surface area contributed by atoms with Crippen LogP contribution in [0.25, 0.3) is 0 Å². The summed E-state index contributed by atoms with van der Waals surface area (Å²) >= 11 is 0. The molecule has 1 rings (SSSR count). The van der Waals surface area contributed by atoms with Crippen molar-refractivity contribution in [3.8, 4) is 0 Å². The molecule has 0 saturated carbocycles. The van der Waals surface area contributed by atoms with Gasteiger partial charge in [-0.25, -0.2) is 13.1 Å². The lowest BCUT2D eigenvalue weighted by molar-refractivity contribution is 0.282. The van der Waals surface area contributed by atoms with E-state index in [2.05, 4.69) is 9.88 Å². The average molecular weight is 276 g/mol. The Kier molecular flexibility index (Phi) is 5.77. The van der Waals surface area contributed by atoms with Crippen LogP contribution in [-0.2, 0) is 10.0 Å². The Balaban J connectivity index is 2.46. The van der Waals surface area contributed by atoms with Crippen molar-refractivity contribution in [3.05, 3.63) is 11.5 Å². The molecule has 0 bridgehead atoms. The standard InChI is InChI=1S/C11H20N2O4S/c1-9-11(10(2)17-13-9)18(15,16)12-7-5-3-4-6-8-14/h12,14H,3-8H2,1-2H3. The fourth-order valence-electron chi connectivity index (χ4n) is 1.73. The fraction of sp³-hybridized carbons (Fsp3) is 0.727. The summed E-state index contributed by atoms with van der Waals surface area (Å²) in [5.74, 6) is 0.306. The summed E-state index contributed by atoms with van der Waals surface area (Å²) in [5, 5.41) is 12.2. The van der Waals surface area contributed by atoms with Gasteiger partial charge in [-0.2, -0.15) is 0 Å². The number of aliphatic hydroxyl groups excluding tert-OH is 1. The smallest absolute Gasteiger partial charge is 0.245 e. The van der Waals surface area contributed by atoms with Crippen molar-refractivity contribution in [1.29, 1.82) is 0 Å². The average Bonchev–Trinajstić information content (AvgIpc) is 2.64. The molecule has 0 unspecified atom stereocenters. The van der Waals surface area contributed by atoms with Gasteiger partial charge in [0.2, 0.25) is 10.0 Å². The quantitative estimate of drug-likeness (QED) is 0.694. The second-order valence-corrected chi connectivity index (χ2v) is 5.89. The van der Waals surface area contributed by atoms with Crippen LogP contribution in [0.3, 0.4) is 0 Å². The molecule has 1 aromatic rings. The summed E-state index contributed by atoms with van der Waals surface area (Å²) in [6.45, 7) is 3.75. The summed E-state index contributed by atoms with van der Waals surface area (Å²) in [7, 11) is -3.53. The Labute approximate surface area is 107 Å². The molecule has 104 valence electrons. The van der Waals surface area contributed by atoms with E-state index in [1.54, 1.807) is 13.8 Å². The minimum absolute atomic E-state index is 0.137. The first-order valence-corrected chi connectivity index (χ1v) is 7.50. The molecule has 2 N–H and O–H groups in total. The van der Waals surface area contributed by atoms with Gasteiger partial charge in [0, 0.05) is 13.2 Å². The Bertz CT molecular complexity index is 448. The first-order valence-electron chi connectivity index (χ1n) is 6.02. The molecule has 1 heterocycles. The number of aliphatic hydroxyl groups is 1. The molecule has 0 aliphatic rings. The van der Waals surface area contributed by atoms with E-state index in [1.165, 1.54) is 0 Å². The molecule has 0 amide bonds. The number of unbranched alkanes of at least 4 members (excludes halogenated alkanes) is 3. The molecule has 0 spiro atoms. The van der Waals surface area contributed by atoms with E-state index in [9.17, 15) is 8.42 Å². The van der Waals surface area contributed by atoms with Crippen LogP contribution in [0.4, 0.5) is 0 Å². The van der Waals surface area contributed by atoms with Gasteiger partial charge in [-0.1, -0.05) is 18.0 Å². The number of nitrogens with one attached hydrogen (secondary N) is 1. The third kappa shape index (κ3) is 4.08. The minimum Gasteiger partial charge on any atom is -0.396 e. The highest BCUT2D eigenvalue weighted by Crippen LogP contribution is 2.18. The number of nitrogens with zero attached hydrogens (tertiary/aromatic N) is 1. The van der Waals surface area contributed by atoms with Gasteiger partial charge in [0.05, 0.1) is 0 Å². The lowest BCUT2D eigenvalue weighted by atomic mass is 10.2. The molecule has 0 aromatic carbocycles. The lowest BCUT2D eigenvalue weighted by Crippen LogP contribution is -2.25. The number of hydrogen-bond donors (Lipinski definition) is 2. The predicted octanol–water partition coefficient (Wildman–Crippen LogP) is 1.12. The lowest BCUT2D eigenvalue weighted by Gasteiger charge is -2.05. The molecule has 0 saturated heterocycles. The monoisotopic (exact) mass is 276 g/mol. The van der Waals surface area contributed by atoms with Gasteiger partial charge in [-0.05, 0) is 26.7 Å². The molecule has 1 aromatic heterocycles. The summed E-state index contributed by atoms with van der Waals surface area (Å²) < 4.78 is 31.3. The van der Waals surface area contributed by atoms with Gasteiger partial charge < -0.3 is 9.63 Å². The highest BCUT2D eigenvalue weighted by Gasteiger charge is 2.23. The molecule has 0 aliphatic carbocycles. The highest BCUT2D eigenvalue weighted by atomic mass is 32.2. The van der Waals surface area contributed by atoms with Crippen molar-refractivity contribution >= 4 is 10.0 Å². The molecule has 0 aliphatic heterocycles. The second kappa shape index (κ2) is 6.86. The van der Waals surface area contributed by atoms with Gasteiger partial charge in [-0.3, -0.25) is 0 Å². The Morgan fingerprint density at radius 3 is 2.44 bits per heavy atom. The van der Waals surface area contributed by atoms with E-state index >= 15 is 0 Å². The van der Waals surface area contributed by atoms with Crippen molar-refractivity contribution < 1.29 is 18.0 Å². The number of hydrogen-bond acceptors (Lipinski definition) is 5. The highest BCUT2D eigenvalue weighted by molar-refractivity contribution is 7.89. The van der Waals surface area contributed by atoms with Crippen molar-refractivity contribution in [2.45, 2.75) is 44.4 Å². The van der Waals surface area contributed by atoms with Gasteiger partial charge in [0.1, 0.15) is 10.6 Å². The zero-order valence-corrected chi connectivity index (χ0v) is 11.6. The van der Waals surface area contributed by atoms with Crippen LogP contribution in [0.15, 0.2) is 9.42 Å². The van der Waals surface area contributed by atoms with Crippen LogP contribution in [0.1, 0.15) is 37.1 Å². The SMILES string of the molecule is Cc1noc(C)c1S(=O)(=O)NCCCCCCO. The number of rotatable bonds is 8. The van der Waals surface area contributed by atoms with Crippen LogP contribution in [0.2, 0.25) is 0 Å². The molecule has 0 atom stereocenters. The van der Waals surface area contributed by atoms with Crippen LogP contribution in [0.5, 0.6) is 0 Å². The Morgan fingerprint density at radius 2 is 1.89 bits per heavy atom. The van der Waals surface area contributed by atoms with Crippen LogP contribution in [-0.4, -0.2) is 31.8 Å². The summed E-state index contributed by atoms with van der Waals surface area (Å²) in [4.78, 5) is 0.137. The fourth-order valence-corrected chi connectivity index (χ4v) is 3.13. The predicted molar refractivity (Wildman–Crippen MR) is 66.7 cm³/mol. The maximum Gasteiger partial charge on any atom is 0.245 e. The minimum atomic E-state index is -3.53. The molecular formula is C11H20N2O4S. The normalized spacial score (nSPS) is 11.9. The molecule has 18 heavy (non-hydrogen) atoms. The van der Waals surface area contributed by atoms with Gasteiger partial charge in [0.25, 0.3) is 0 Å². The first-order chi connectivity index (χ1) is 8.49. The van der Waals surface area contributed by atoms with Crippen molar-refractivity contribution in [2.75, 3.05) is 13.2 Å². The Morgan fingerprint density at radius 1 is 1.22 bits per heavy atom. The maximum absolute atomic E-state index is 12.0. The molecule has 0 radical (unpaired) electrons. The van der Waals surface area contributed by atoms with Crippen molar-refractivity contribution in [2.24, 2.45) is 0 Å². The van der Waals surface area contributed by atoms with Crippen molar-refractivity contribution in [3.63, 3.8) is 0 Å². The molecule has 6 nitrogen and oxygen atoms in total. The zero-order chi connectivity index (χ0) is 13.6. The van der Waals surface area contributed by atoms with E-state index < -0.39 is 10.0 Å². The van der Waals surface area contributed by atoms with Crippen LogP contribution >= 0.6 is 0 Å². The van der Waals surface area contributed by atoms with Crippen LogP contribution < -0.4 is 4.72 Å². The van der Waals surface area contributed by atoms with Crippen LogP contribution in [0, 0.1) is 13.8 Å². The first kappa shape index (κ1) is 15.1. The summed E-state index contributed by atoms with van der Waals surface area (Å²) in [6.07, 6.45) is 3.31. The van der Waals surface area contributed by atoms with Gasteiger partial charge >= 0.3 is 0 Å². The van der Waals surface area contributed by atoms with Crippen molar-refractivity contribution in [1.82, 2.24) is 9.88 Å². The second-order valence-electron chi connectivity index (χ2n) is 4.19. The third-order valence-electron chi connectivity index (χ3n) is 2.61. The molecular weight excluding hydrogens is 256 g/mol. The van der Waals surface area contributed by atoms with Gasteiger partial charge in [0.15, 0.2) is 5.76 Å².